The fraction of sp³-hybridized carbons (Fsp3) is 0.400. The van der Waals surface area contributed by atoms with Crippen LogP contribution >= 0.6 is 0 Å². The molecule has 0 aliphatic carbocycles. The van der Waals surface area contributed by atoms with Crippen LogP contribution in [-0.2, 0) is 4.79 Å². The van der Waals surface area contributed by atoms with Crippen molar-refractivity contribution < 1.29 is 18.4 Å². The smallest absolute Gasteiger partial charge is 0.362 e. The number of nitrogens with zero attached hydrogens (tertiary/aromatic N) is 5. The van der Waals surface area contributed by atoms with E-state index in [1.54, 1.807) is 6.92 Å². The van der Waals surface area contributed by atoms with Crippen molar-refractivity contribution in [3.63, 3.8) is 0 Å². The lowest BCUT2D eigenvalue weighted by Gasteiger charge is -2.40. The zero-order chi connectivity index (χ0) is 24.9. The average molecular weight is 485 g/mol. The molecule has 35 heavy (non-hydrogen) atoms. The van der Waals surface area contributed by atoms with Crippen LogP contribution in [0.2, 0.25) is 0 Å². The van der Waals surface area contributed by atoms with E-state index in [-0.39, 0.29) is 0 Å². The number of hydrazine groups is 1. The molecule has 0 radical (unpaired) electrons. The summed E-state index contributed by atoms with van der Waals surface area (Å²) in [7, 11) is 0. The lowest BCUT2D eigenvalue weighted by Crippen LogP contribution is -2.51. The number of piperazine rings is 1. The first-order valence-electron chi connectivity index (χ1n) is 11.7. The lowest BCUT2D eigenvalue weighted by atomic mass is 9.99. The van der Waals surface area contributed by atoms with Crippen molar-refractivity contribution in [3.8, 4) is 0 Å². The summed E-state index contributed by atoms with van der Waals surface area (Å²) in [5.41, 5.74) is 8.89. The van der Waals surface area contributed by atoms with Crippen LogP contribution in [0.15, 0.2) is 47.5 Å². The van der Waals surface area contributed by atoms with Gasteiger partial charge in [-0.15, -0.1) is 0 Å². The van der Waals surface area contributed by atoms with Gasteiger partial charge >= 0.3 is 6.03 Å². The Kier molecular flexibility index (Phi) is 7.60. The minimum absolute atomic E-state index is 0.301. The van der Waals surface area contributed by atoms with Gasteiger partial charge in [-0.3, -0.25) is 14.7 Å². The second-order valence-electron chi connectivity index (χ2n) is 8.88. The number of carbonyl (C=O) groups is 2. The molecule has 2 heterocycles. The number of amides is 3. The number of nitrogen functional groups attached to an aromatic ring is 1. The number of hydrogen-bond donors (Lipinski definition) is 1. The lowest BCUT2D eigenvalue weighted by molar-refractivity contribution is -0.133. The Bertz CT molecular complexity index is 1100. The molecule has 10 heteroatoms. The number of aliphatic imine (C=N–C) groups is 1. The zero-order valence-corrected chi connectivity index (χ0v) is 19.7. The van der Waals surface area contributed by atoms with Crippen molar-refractivity contribution in [1.82, 2.24) is 14.9 Å². The number of rotatable bonds is 8. The molecule has 2 N–H and O–H groups in total. The Balaban J connectivity index is 1.36. The Morgan fingerprint density at radius 1 is 1.11 bits per heavy atom. The summed E-state index contributed by atoms with van der Waals surface area (Å²) in [6, 6.07) is 10.1. The molecule has 1 fully saturated rings. The van der Waals surface area contributed by atoms with Crippen LogP contribution < -0.4 is 10.6 Å². The van der Waals surface area contributed by atoms with E-state index in [1.807, 2.05) is 24.3 Å². The number of urea groups is 1. The first-order chi connectivity index (χ1) is 16.9. The third kappa shape index (κ3) is 5.59. The topological polar surface area (TPSA) is 85.5 Å². The van der Waals surface area contributed by atoms with Gasteiger partial charge in [0.25, 0.3) is 0 Å². The van der Waals surface area contributed by atoms with E-state index in [2.05, 4.69) is 14.8 Å². The Morgan fingerprint density at radius 2 is 1.86 bits per heavy atom. The number of anilines is 2. The molecule has 0 bridgehead atoms. The zero-order valence-electron chi connectivity index (χ0n) is 19.7. The number of nitrogens with two attached hydrogens (primary N) is 1. The summed E-state index contributed by atoms with van der Waals surface area (Å²) < 4.78 is 27.4. The van der Waals surface area contributed by atoms with E-state index in [9.17, 15) is 18.4 Å². The molecule has 1 saturated heterocycles. The molecular formula is C25H30F2N6O2. The van der Waals surface area contributed by atoms with Gasteiger partial charge in [-0.05, 0) is 43.2 Å². The van der Waals surface area contributed by atoms with E-state index in [1.165, 1.54) is 16.1 Å². The Morgan fingerprint density at radius 3 is 2.54 bits per heavy atom. The van der Waals surface area contributed by atoms with Crippen LogP contribution in [0, 0.1) is 11.6 Å². The summed E-state index contributed by atoms with van der Waals surface area (Å²) >= 11 is 0. The predicted octanol–water partition coefficient (Wildman–Crippen LogP) is 3.46. The quantitative estimate of drug-likeness (QED) is 0.458. The third-order valence-corrected chi connectivity index (χ3v) is 6.50. The molecular weight excluding hydrogens is 454 g/mol. The number of halogens is 2. The van der Waals surface area contributed by atoms with E-state index in [4.69, 9.17) is 5.73 Å². The second kappa shape index (κ2) is 10.8. The first-order valence-corrected chi connectivity index (χ1v) is 11.7. The molecule has 0 saturated carbocycles. The normalized spacial score (nSPS) is 19.0. The molecule has 2 aliphatic heterocycles. The minimum Gasteiger partial charge on any atom is -0.397 e. The van der Waals surface area contributed by atoms with Gasteiger partial charge in [-0.25, -0.2) is 23.6 Å². The molecule has 0 aromatic heterocycles. The van der Waals surface area contributed by atoms with Gasteiger partial charge in [0.05, 0.1) is 17.4 Å². The van der Waals surface area contributed by atoms with E-state index >= 15 is 0 Å². The van der Waals surface area contributed by atoms with Crippen LogP contribution in [-0.4, -0.2) is 72.3 Å². The molecule has 2 aromatic carbocycles. The van der Waals surface area contributed by atoms with E-state index < -0.39 is 23.7 Å². The molecule has 0 spiro atoms. The number of carbonyl (C=O) groups excluding carboxylic acids is 2. The molecule has 186 valence electrons. The Labute approximate surface area is 203 Å². The fourth-order valence-corrected chi connectivity index (χ4v) is 4.68. The summed E-state index contributed by atoms with van der Waals surface area (Å²) in [4.78, 5) is 33.3. The molecule has 1 atom stereocenters. The van der Waals surface area contributed by atoms with Crippen LogP contribution in [0.25, 0.3) is 0 Å². The SMILES string of the molecule is CC1=NC(=O)N(N(C=O)CCCN2CCN(c3ccccc3N)CC2)C(c2ccc(F)c(F)c2)C1. The van der Waals surface area contributed by atoms with Crippen molar-refractivity contribution in [2.45, 2.75) is 25.8 Å². The molecule has 3 amide bonds. The molecule has 2 aliphatic rings. The molecule has 8 nitrogen and oxygen atoms in total. The first kappa shape index (κ1) is 24.6. The summed E-state index contributed by atoms with van der Waals surface area (Å²) in [6.45, 7) is 6.18. The third-order valence-electron chi connectivity index (χ3n) is 6.50. The summed E-state index contributed by atoms with van der Waals surface area (Å²) in [5, 5.41) is 2.55. The van der Waals surface area contributed by atoms with Crippen molar-refractivity contribution >= 4 is 29.5 Å². The number of benzene rings is 2. The van der Waals surface area contributed by atoms with Gasteiger partial charge < -0.3 is 10.6 Å². The number of hydrogen-bond acceptors (Lipinski definition) is 5. The average Bonchev–Trinajstić information content (AvgIpc) is 2.84. The highest BCUT2D eigenvalue weighted by molar-refractivity contribution is 5.96. The highest BCUT2D eigenvalue weighted by Crippen LogP contribution is 2.31. The maximum atomic E-state index is 13.9. The van der Waals surface area contributed by atoms with Gasteiger partial charge in [0.15, 0.2) is 11.6 Å². The van der Waals surface area contributed by atoms with Crippen molar-refractivity contribution in [1.29, 1.82) is 0 Å². The summed E-state index contributed by atoms with van der Waals surface area (Å²) in [6.07, 6.45) is 1.56. The van der Waals surface area contributed by atoms with Crippen molar-refractivity contribution in [3.05, 3.63) is 59.7 Å². The van der Waals surface area contributed by atoms with Crippen LogP contribution in [0.1, 0.15) is 31.4 Å². The van der Waals surface area contributed by atoms with Crippen LogP contribution in [0.3, 0.4) is 0 Å². The minimum atomic E-state index is -0.996. The maximum absolute atomic E-state index is 13.9. The molecule has 4 rings (SSSR count). The second-order valence-corrected chi connectivity index (χ2v) is 8.88. The standard InChI is InChI=1S/C25H30F2N6O2/c1-18-15-24(19-7-8-20(26)21(27)16-19)33(25(35)29-18)32(17-34)10-4-9-30-11-13-31(14-12-30)23-6-3-2-5-22(23)28/h2-3,5-8,16-17,24H,4,9-15,28H2,1H3. The summed E-state index contributed by atoms with van der Waals surface area (Å²) in [5.74, 6) is -1.96. The van der Waals surface area contributed by atoms with Gasteiger partial charge in [-0.1, -0.05) is 18.2 Å². The van der Waals surface area contributed by atoms with Crippen LogP contribution in [0.4, 0.5) is 25.0 Å². The fourth-order valence-electron chi connectivity index (χ4n) is 4.68. The molecule has 1 unspecified atom stereocenters. The van der Waals surface area contributed by atoms with Crippen molar-refractivity contribution in [2.24, 2.45) is 4.99 Å². The predicted molar refractivity (Wildman–Crippen MR) is 131 cm³/mol. The van der Waals surface area contributed by atoms with Crippen molar-refractivity contribution in [2.75, 3.05) is 49.9 Å². The van der Waals surface area contributed by atoms with Gasteiger partial charge in [-0.2, -0.15) is 0 Å². The Hall–Kier alpha value is -3.53. The highest BCUT2D eigenvalue weighted by Gasteiger charge is 2.34. The maximum Gasteiger partial charge on any atom is 0.362 e. The van der Waals surface area contributed by atoms with Gasteiger partial charge in [0, 0.05) is 51.4 Å². The van der Waals surface area contributed by atoms with E-state index in [0.717, 1.165) is 56.2 Å². The highest BCUT2D eigenvalue weighted by atomic mass is 19.2. The molecule has 2 aromatic rings. The van der Waals surface area contributed by atoms with E-state index in [0.29, 0.717) is 37.1 Å². The van der Waals surface area contributed by atoms with Crippen LogP contribution in [0.5, 0.6) is 0 Å². The number of para-hydroxylation sites is 2. The largest absolute Gasteiger partial charge is 0.397 e. The monoisotopic (exact) mass is 484 g/mol. The van der Waals surface area contributed by atoms with Gasteiger partial charge in [0.2, 0.25) is 6.41 Å². The van der Waals surface area contributed by atoms with Gasteiger partial charge in [0.1, 0.15) is 0 Å².